The molecule has 3 amide bonds. The van der Waals surface area contributed by atoms with Gasteiger partial charge < -0.3 is 29.9 Å². The van der Waals surface area contributed by atoms with Crippen LogP contribution in [-0.2, 0) is 9.53 Å². The summed E-state index contributed by atoms with van der Waals surface area (Å²) in [5.41, 5.74) is 2.97. The predicted octanol–water partition coefficient (Wildman–Crippen LogP) is 2.76. The summed E-state index contributed by atoms with van der Waals surface area (Å²) < 4.78 is 26.4. The van der Waals surface area contributed by atoms with E-state index in [0.717, 1.165) is 45.1 Å². The Morgan fingerprint density at radius 2 is 1.89 bits per heavy atom. The van der Waals surface area contributed by atoms with Crippen LogP contribution in [0.1, 0.15) is 12.0 Å². The van der Waals surface area contributed by atoms with Gasteiger partial charge in [0.15, 0.2) is 12.0 Å². The van der Waals surface area contributed by atoms with E-state index in [9.17, 15) is 14.9 Å². The number of aromatic nitrogens is 2. The Morgan fingerprint density at radius 1 is 1.09 bits per heavy atom. The maximum Gasteiger partial charge on any atom is 0.341 e. The molecular weight excluding hydrogens is 605 g/mol. The lowest BCUT2D eigenvalue weighted by atomic mass is 10.0. The number of nitrogens with zero attached hydrogens (tertiary/aromatic N) is 7. The van der Waals surface area contributed by atoms with Gasteiger partial charge in [0.25, 0.3) is 5.91 Å². The number of hydrogen-bond donors (Lipinski definition) is 2. The molecule has 242 valence electrons. The number of urea groups is 1. The van der Waals surface area contributed by atoms with Crippen LogP contribution in [-0.4, -0.2) is 115 Å². The molecule has 0 saturated carbocycles. The fourth-order valence-electron chi connectivity index (χ4n) is 6.14. The van der Waals surface area contributed by atoms with Crippen molar-refractivity contribution in [2.45, 2.75) is 24.7 Å². The Bertz CT molecular complexity index is 1720. The third-order valence-electron chi connectivity index (χ3n) is 8.91. The molecule has 47 heavy (non-hydrogen) atoms. The van der Waals surface area contributed by atoms with Crippen LogP contribution >= 0.6 is 0 Å². The third-order valence-corrected chi connectivity index (χ3v) is 8.91. The number of amides is 3. The number of carbonyl (C=O) groups excluding carboxylic acids is 2. The van der Waals surface area contributed by atoms with Gasteiger partial charge in [-0.3, -0.25) is 9.69 Å². The van der Waals surface area contributed by atoms with E-state index in [1.165, 1.54) is 10.6 Å². The highest BCUT2D eigenvalue weighted by molar-refractivity contribution is 6.42. The molecule has 4 aliphatic heterocycles. The number of likely N-dealkylation sites (tertiary alicyclic amines) is 1. The molecule has 0 unspecified atom stereocenters. The van der Waals surface area contributed by atoms with Crippen LogP contribution in [0.25, 0.3) is 11.4 Å². The van der Waals surface area contributed by atoms with Crippen molar-refractivity contribution in [2.75, 3.05) is 69.2 Å². The molecule has 0 aliphatic carbocycles. The highest BCUT2D eigenvalue weighted by Crippen LogP contribution is 2.29. The van der Waals surface area contributed by atoms with Gasteiger partial charge in [0.05, 0.1) is 37.9 Å². The molecule has 1 aromatic heterocycles. The molecule has 3 fully saturated rings. The lowest BCUT2D eigenvalue weighted by Gasteiger charge is -2.43. The van der Waals surface area contributed by atoms with E-state index in [1.807, 2.05) is 12.1 Å². The van der Waals surface area contributed by atoms with Gasteiger partial charge in [-0.2, -0.15) is 10.3 Å². The summed E-state index contributed by atoms with van der Waals surface area (Å²) in [7, 11) is 0. The van der Waals surface area contributed by atoms with Crippen LogP contribution in [0, 0.1) is 11.3 Å². The number of hydrogen-bond acceptors (Lipinski definition) is 10. The van der Waals surface area contributed by atoms with E-state index >= 15 is 4.39 Å². The molecule has 3 aromatic rings. The lowest BCUT2D eigenvalue weighted by Crippen LogP contribution is -2.56. The van der Waals surface area contributed by atoms with Crippen molar-refractivity contribution in [1.29, 1.82) is 5.26 Å². The summed E-state index contributed by atoms with van der Waals surface area (Å²) in [6.07, 6.45) is -0.459. The van der Waals surface area contributed by atoms with Gasteiger partial charge in [-0.15, -0.1) is 0 Å². The molecule has 0 spiro atoms. The monoisotopic (exact) mass is 639 g/mol. The Balaban J connectivity index is 0.962. The third kappa shape index (κ3) is 6.72. The minimum atomic E-state index is -1.48. The number of alkyl halides is 1. The van der Waals surface area contributed by atoms with Crippen LogP contribution in [0.4, 0.5) is 26.4 Å². The minimum absolute atomic E-state index is 0.0359. The van der Waals surface area contributed by atoms with Crippen molar-refractivity contribution in [1.82, 2.24) is 25.1 Å². The topological polar surface area (TPSA) is 148 Å². The Labute approximate surface area is 271 Å². The maximum atomic E-state index is 15.1. The predicted molar refractivity (Wildman–Crippen MR) is 172 cm³/mol. The number of piperidine rings is 1. The second-order valence-electron chi connectivity index (χ2n) is 11.9. The molecule has 0 radical (unpaired) electrons. The normalized spacial score (nSPS) is 21.8. The SMILES string of the molecule is N#Cc1cc(-c2nccc(Nc3ccc(N4CCN(C5COC5)CC4)cc3)n2)ccc1O[C@H]1CCN(C(=O)C2=NC(=O)NC2)C[C@H]1F. The van der Waals surface area contributed by atoms with E-state index in [-0.39, 0.29) is 43.1 Å². The fourth-order valence-corrected chi connectivity index (χ4v) is 6.14. The van der Waals surface area contributed by atoms with Crippen molar-refractivity contribution in [2.24, 2.45) is 4.99 Å². The molecule has 2 aromatic carbocycles. The number of halogens is 1. The molecule has 5 heterocycles. The van der Waals surface area contributed by atoms with Gasteiger partial charge in [0, 0.05) is 62.3 Å². The van der Waals surface area contributed by atoms with Crippen molar-refractivity contribution in [3.05, 3.63) is 60.3 Å². The number of nitriles is 1. The maximum absolute atomic E-state index is 15.1. The van der Waals surface area contributed by atoms with Crippen LogP contribution < -0.4 is 20.3 Å². The summed E-state index contributed by atoms with van der Waals surface area (Å²) >= 11 is 0. The van der Waals surface area contributed by atoms with Gasteiger partial charge in [-0.25, -0.2) is 19.2 Å². The fraction of sp³-hybridized carbons (Fsp3) is 0.394. The molecular formula is C33H34FN9O4. The standard InChI is InChI=1S/C33H34FN9O4/c34-26-18-43(32(44)27-17-37-33(45)39-27)10-8-29(26)47-28-6-1-21(15-22(28)16-35)31-36-9-7-30(40-31)38-23-2-4-24(5-3-23)41-11-13-42(14-12-41)25-19-46-20-25/h1-7,9,15,25-26,29H,8,10-14,17-20H2,(H,37,45)(H,36,38,40)/t26-,29+/m1/s1. The number of anilines is 3. The van der Waals surface area contributed by atoms with Crippen LogP contribution in [0.3, 0.4) is 0 Å². The number of carbonyl (C=O) groups is 2. The molecule has 4 aliphatic rings. The summed E-state index contributed by atoms with van der Waals surface area (Å²) in [6, 6.07) is 17.1. The molecule has 7 rings (SSSR count). The number of piperazine rings is 1. The molecule has 14 heteroatoms. The highest BCUT2D eigenvalue weighted by atomic mass is 19.1. The number of aliphatic imine (C=N–C) groups is 1. The van der Waals surface area contributed by atoms with Crippen molar-refractivity contribution < 1.29 is 23.5 Å². The number of benzene rings is 2. The van der Waals surface area contributed by atoms with Crippen LogP contribution in [0.15, 0.2) is 59.7 Å². The van der Waals surface area contributed by atoms with E-state index in [1.54, 1.807) is 30.5 Å². The van der Waals surface area contributed by atoms with Gasteiger partial charge in [-0.05, 0) is 48.5 Å². The first-order valence-corrected chi connectivity index (χ1v) is 15.7. The molecule has 2 N–H and O–H groups in total. The lowest BCUT2D eigenvalue weighted by molar-refractivity contribution is -0.127. The molecule has 3 saturated heterocycles. The number of rotatable bonds is 8. The van der Waals surface area contributed by atoms with Gasteiger partial charge >= 0.3 is 6.03 Å². The molecule has 13 nitrogen and oxygen atoms in total. The summed E-state index contributed by atoms with van der Waals surface area (Å²) in [4.78, 5) is 42.8. The zero-order valence-electron chi connectivity index (χ0n) is 25.6. The van der Waals surface area contributed by atoms with Gasteiger partial charge in [-0.1, -0.05) is 0 Å². The summed E-state index contributed by atoms with van der Waals surface area (Å²) in [5.74, 6) is 0.793. The van der Waals surface area contributed by atoms with E-state index in [0.29, 0.717) is 23.2 Å². The van der Waals surface area contributed by atoms with Crippen LogP contribution in [0.5, 0.6) is 5.75 Å². The van der Waals surface area contributed by atoms with E-state index in [4.69, 9.17) is 9.47 Å². The van der Waals surface area contributed by atoms with Gasteiger partial charge in [0.1, 0.15) is 29.5 Å². The number of ether oxygens (including phenoxy) is 2. The van der Waals surface area contributed by atoms with Crippen molar-refractivity contribution in [3.8, 4) is 23.2 Å². The average Bonchev–Trinajstić information content (AvgIpc) is 3.51. The second kappa shape index (κ2) is 13.3. The number of nitrogens with one attached hydrogen (secondary N) is 2. The second-order valence-corrected chi connectivity index (χ2v) is 11.9. The Morgan fingerprint density at radius 3 is 2.57 bits per heavy atom. The van der Waals surface area contributed by atoms with Crippen molar-refractivity contribution >= 4 is 34.8 Å². The molecule has 2 atom stereocenters. The summed E-state index contributed by atoms with van der Waals surface area (Å²) in [5, 5.41) is 15.7. The smallest absolute Gasteiger partial charge is 0.341 e. The first-order chi connectivity index (χ1) is 22.9. The highest BCUT2D eigenvalue weighted by Gasteiger charge is 2.36. The quantitative estimate of drug-likeness (QED) is 0.377. The first kappa shape index (κ1) is 30.5. The summed E-state index contributed by atoms with van der Waals surface area (Å²) in [6.45, 7) is 5.82. The van der Waals surface area contributed by atoms with E-state index in [2.05, 4.69) is 53.6 Å². The van der Waals surface area contributed by atoms with E-state index < -0.39 is 24.2 Å². The largest absolute Gasteiger partial charge is 0.486 e. The zero-order valence-corrected chi connectivity index (χ0v) is 25.6. The van der Waals surface area contributed by atoms with Crippen LogP contribution in [0.2, 0.25) is 0 Å². The van der Waals surface area contributed by atoms with Gasteiger partial charge in [0.2, 0.25) is 0 Å². The minimum Gasteiger partial charge on any atom is -0.486 e. The first-order valence-electron chi connectivity index (χ1n) is 15.7. The Kier molecular flexibility index (Phi) is 8.64. The Hall–Kier alpha value is -5.13. The zero-order chi connectivity index (χ0) is 32.3. The molecule has 0 bridgehead atoms. The van der Waals surface area contributed by atoms with Crippen molar-refractivity contribution in [3.63, 3.8) is 0 Å². The average molecular weight is 640 g/mol.